The Morgan fingerprint density at radius 1 is 1.50 bits per heavy atom. The molecule has 1 saturated heterocycles. The first-order chi connectivity index (χ1) is 8.66. The lowest BCUT2D eigenvalue weighted by atomic mass is 10.1. The average molecular weight is 248 g/mol. The second-order valence-electron chi connectivity index (χ2n) is 4.80. The summed E-state index contributed by atoms with van der Waals surface area (Å²) in [5.74, 6) is -0.00327. The van der Waals surface area contributed by atoms with E-state index in [9.17, 15) is 4.79 Å². The van der Waals surface area contributed by atoms with E-state index in [0.717, 1.165) is 19.4 Å². The van der Waals surface area contributed by atoms with Gasteiger partial charge in [-0.3, -0.25) is 4.79 Å². The predicted molar refractivity (Wildman–Crippen MR) is 71.4 cm³/mol. The van der Waals surface area contributed by atoms with Crippen molar-refractivity contribution in [3.63, 3.8) is 0 Å². The van der Waals surface area contributed by atoms with Crippen LogP contribution in [0.2, 0.25) is 0 Å². The van der Waals surface area contributed by atoms with Gasteiger partial charge in [0.15, 0.2) is 0 Å². The number of rotatable bonds is 3. The molecule has 0 aromatic heterocycles. The van der Waals surface area contributed by atoms with Gasteiger partial charge in [-0.15, -0.1) is 0 Å². The Labute approximate surface area is 108 Å². The Hall–Kier alpha value is -1.55. The summed E-state index contributed by atoms with van der Waals surface area (Å²) in [6.45, 7) is 1.46. The number of benzene rings is 1. The Kier molecular flexibility index (Phi) is 4.20. The second-order valence-corrected chi connectivity index (χ2v) is 4.80. The van der Waals surface area contributed by atoms with Crippen LogP contribution in [0.1, 0.15) is 29.6 Å². The summed E-state index contributed by atoms with van der Waals surface area (Å²) in [5.41, 5.74) is 6.93. The molecular weight excluding hydrogens is 228 g/mol. The molecule has 2 N–H and O–H groups in total. The number of nitrogens with two attached hydrogens (primary N) is 1. The van der Waals surface area contributed by atoms with Crippen LogP contribution in [0.4, 0.5) is 5.69 Å². The van der Waals surface area contributed by atoms with Crippen molar-refractivity contribution in [2.24, 2.45) is 0 Å². The lowest BCUT2D eigenvalue weighted by molar-refractivity contribution is -0.000185. The Bertz CT molecular complexity index is 414. The van der Waals surface area contributed by atoms with E-state index < -0.39 is 0 Å². The first-order valence-corrected chi connectivity index (χ1v) is 6.39. The van der Waals surface area contributed by atoms with E-state index in [2.05, 4.69) is 0 Å². The van der Waals surface area contributed by atoms with Crippen molar-refractivity contribution in [3.05, 3.63) is 29.8 Å². The van der Waals surface area contributed by atoms with Crippen LogP contribution in [0.15, 0.2) is 24.3 Å². The number of carbonyl (C=O) groups is 1. The molecule has 0 saturated carbocycles. The number of amides is 1. The number of carbonyl (C=O) groups excluding carboxylic acids is 1. The van der Waals surface area contributed by atoms with E-state index in [4.69, 9.17) is 10.5 Å². The number of hydrogen-bond acceptors (Lipinski definition) is 3. The van der Waals surface area contributed by atoms with E-state index in [1.165, 1.54) is 6.42 Å². The zero-order chi connectivity index (χ0) is 13.0. The van der Waals surface area contributed by atoms with Gasteiger partial charge in [0.25, 0.3) is 5.91 Å². The monoisotopic (exact) mass is 248 g/mol. The third-order valence-corrected chi connectivity index (χ3v) is 3.23. The topological polar surface area (TPSA) is 55.6 Å². The van der Waals surface area contributed by atoms with Gasteiger partial charge in [0.1, 0.15) is 0 Å². The van der Waals surface area contributed by atoms with Crippen LogP contribution < -0.4 is 5.73 Å². The number of nitrogens with zero attached hydrogens (tertiary/aromatic N) is 1. The molecule has 1 atom stereocenters. The molecule has 1 aromatic carbocycles. The van der Waals surface area contributed by atoms with Gasteiger partial charge < -0.3 is 15.4 Å². The summed E-state index contributed by atoms with van der Waals surface area (Å²) in [7, 11) is 1.81. The van der Waals surface area contributed by atoms with Crippen molar-refractivity contribution in [2.45, 2.75) is 25.4 Å². The van der Waals surface area contributed by atoms with E-state index in [-0.39, 0.29) is 12.0 Å². The van der Waals surface area contributed by atoms with E-state index >= 15 is 0 Å². The highest BCUT2D eigenvalue weighted by Gasteiger charge is 2.19. The first kappa shape index (κ1) is 12.9. The third kappa shape index (κ3) is 3.23. The van der Waals surface area contributed by atoms with Crippen LogP contribution >= 0.6 is 0 Å². The molecule has 1 aromatic rings. The highest BCUT2D eigenvalue weighted by Crippen LogP contribution is 2.15. The van der Waals surface area contributed by atoms with Crippen molar-refractivity contribution in [2.75, 3.05) is 25.9 Å². The standard InChI is InChI=1S/C14H20N2O2/c1-16(10-13-7-2-3-8-18-13)14(17)11-5-4-6-12(15)9-11/h4-6,9,13H,2-3,7-8,10,15H2,1H3. The van der Waals surface area contributed by atoms with E-state index in [1.54, 1.807) is 29.2 Å². The molecule has 98 valence electrons. The molecular formula is C14H20N2O2. The smallest absolute Gasteiger partial charge is 0.253 e. The molecule has 0 aliphatic carbocycles. The fourth-order valence-corrected chi connectivity index (χ4v) is 2.23. The zero-order valence-corrected chi connectivity index (χ0v) is 10.8. The van der Waals surface area contributed by atoms with Gasteiger partial charge in [-0.1, -0.05) is 6.07 Å². The lowest BCUT2D eigenvalue weighted by Gasteiger charge is -2.27. The molecule has 4 nitrogen and oxygen atoms in total. The Morgan fingerprint density at radius 3 is 3.00 bits per heavy atom. The van der Waals surface area contributed by atoms with Crippen LogP contribution in [0.3, 0.4) is 0 Å². The number of ether oxygens (including phenoxy) is 1. The molecule has 2 rings (SSSR count). The molecule has 1 amide bonds. The van der Waals surface area contributed by atoms with Gasteiger partial charge in [0, 0.05) is 31.5 Å². The summed E-state index contributed by atoms with van der Waals surface area (Å²) in [6.07, 6.45) is 3.52. The van der Waals surface area contributed by atoms with Gasteiger partial charge in [-0.25, -0.2) is 0 Å². The Morgan fingerprint density at radius 2 is 2.33 bits per heavy atom. The summed E-state index contributed by atoms with van der Waals surface area (Å²) < 4.78 is 5.64. The third-order valence-electron chi connectivity index (χ3n) is 3.23. The van der Waals surface area contributed by atoms with Crippen LogP contribution in [-0.4, -0.2) is 37.1 Å². The van der Waals surface area contributed by atoms with Crippen LogP contribution in [0.5, 0.6) is 0 Å². The van der Waals surface area contributed by atoms with Crippen LogP contribution in [-0.2, 0) is 4.74 Å². The average Bonchev–Trinajstić information content (AvgIpc) is 2.39. The summed E-state index contributed by atoms with van der Waals surface area (Å²) in [4.78, 5) is 13.9. The largest absolute Gasteiger partial charge is 0.399 e. The van der Waals surface area contributed by atoms with Gasteiger partial charge in [0.2, 0.25) is 0 Å². The number of likely N-dealkylation sites (N-methyl/N-ethyl adjacent to an activating group) is 1. The maximum atomic E-state index is 12.2. The molecule has 18 heavy (non-hydrogen) atoms. The van der Waals surface area contributed by atoms with Gasteiger partial charge in [-0.2, -0.15) is 0 Å². The molecule has 1 heterocycles. The van der Waals surface area contributed by atoms with Gasteiger partial charge in [0.05, 0.1) is 6.10 Å². The molecule has 0 spiro atoms. The van der Waals surface area contributed by atoms with Crippen LogP contribution in [0, 0.1) is 0 Å². The fourth-order valence-electron chi connectivity index (χ4n) is 2.23. The van der Waals surface area contributed by atoms with Crippen molar-refractivity contribution < 1.29 is 9.53 Å². The van der Waals surface area contributed by atoms with Gasteiger partial charge in [-0.05, 0) is 37.5 Å². The van der Waals surface area contributed by atoms with Crippen molar-refractivity contribution >= 4 is 11.6 Å². The highest BCUT2D eigenvalue weighted by atomic mass is 16.5. The molecule has 0 bridgehead atoms. The number of anilines is 1. The lowest BCUT2D eigenvalue weighted by Crippen LogP contribution is -2.37. The van der Waals surface area contributed by atoms with Crippen molar-refractivity contribution in [1.82, 2.24) is 4.90 Å². The molecule has 1 fully saturated rings. The normalized spacial score (nSPS) is 19.5. The number of hydrogen-bond donors (Lipinski definition) is 1. The quantitative estimate of drug-likeness (QED) is 0.831. The van der Waals surface area contributed by atoms with Crippen molar-refractivity contribution in [1.29, 1.82) is 0 Å². The first-order valence-electron chi connectivity index (χ1n) is 6.39. The minimum absolute atomic E-state index is 0.00327. The molecule has 4 heteroatoms. The zero-order valence-electron chi connectivity index (χ0n) is 10.8. The Balaban J connectivity index is 1.95. The maximum absolute atomic E-state index is 12.2. The van der Waals surface area contributed by atoms with Crippen LogP contribution in [0.25, 0.3) is 0 Å². The molecule has 1 aliphatic rings. The summed E-state index contributed by atoms with van der Waals surface area (Å²) >= 11 is 0. The molecule has 0 radical (unpaired) electrons. The summed E-state index contributed by atoms with van der Waals surface area (Å²) in [5, 5.41) is 0. The fraction of sp³-hybridized carbons (Fsp3) is 0.500. The number of nitrogen functional groups attached to an aromatic ring is 1. The maximum Gasteiger partial charge on any atom is 0.253 e. The SMILES string of the molecule is CN(CC1CCCCO1)C(=O)c1cccc(N)c1. The summed E-state index contributed by atoms with van der Waals surface area (Å²) in [6, 6.07) is 7.08. The van der Waals surface area contributed by atoms with E-state index in [0.29, 0.717) is 17.8 Å². The minimum Gasteiger partial charge on any atom is -0.399 e. The second kappa shape index (κ2) is 5.87. The van der Waals surface area contributed by atoms with Gasteiger partial charge >= 0.3 is 0 Å². The molecule has 1 aliphatic heterocycles. The van der Waals surface area contributed by atoms with E-state index in [1.807, 2.05) is 7.05 Å². The minimum atomic E-state index is -0.00327. The molecule has 1 unspecified atom stereocenters. The van der Waals surface area contributed by atoms with Crippen molar-refractivity contribution in [3.8, 4) is 0 Å². The highest BCUT2D eigenvalue weighted by molar-refractivity contribution is 5.94. The predicted octanol–water partition coefficient (Wildman–Crippen LogP) is 1.91.